The Kier molecular flexibility index (Phi) is 5.37. The number of aromatic amines is 1. The van der Waals surface area contributed by atoms with E-state index in [-0.39, 0.29) is 25.4 Å². The lowest BCUT2D eigenvalue weighted by Gasteiger charge is -2.08. The maximum absolute atomic E-state index is 12.5. The predicted octanol–water partition coefficient (Wildman–Crippen LogP) is 3.98. The number of nitrogens with one attached hydrogen (secondary N) is 1. The van der Waals surface area contributed by atoms with Crippen LogP contribution < -0.4 is 4.74 Å². The minimum atomic E-state index is -0.454. The molecule has 2 aromatic carbocycles. The molecule has 1 aromatic heterocycles. The summed E-state index contributed by atoms with van der Waals surface area (Å²) in [6, 6.07) is 15.2. The first-order valence-electron chi connectivity index (χ1n) is 8.51. The van der Waals surface area contributed by atoms with Crippen LogP contribution in [0.5, 0.6) is 5.75 Å². The molecule has 0 fully saturated rings. The Morgan fingerprint density at radius 1 is 1.00 bits per heavy atom. The second kappa shape index (κ2) is 7.87. The molecule has 3 rings (SSSR count). The van der Waals surface area contributed by atoms with Crippen LogP contribution in [0.1, 0.15) is 28.0 Å². The van der Waals surface area contributed by atoms with E-state index in [2.05, 4.69) is 4.98 Å². The minimum Gasteiger partial charge on any atom is -0.493 e. The summed E-state index contributed by atoms with van der Waals surface area (Å²) >= 11 is 0. The Balaban J connectivity index is 1.52. The molecule has 134 valence electrons. The minimum absolute atomic E-state index is 0.0917. The largest absolute Gasteiger partial charge is 0.493 e. The molecule has 0 amide bonds. The standard InChI is InChI=1S/C21H21NO4/c1-14-7-3-6-10-19(14)25-12-11-20(24)26-13-18(23)21-15(2)22-17-9-5-4-8-16(17)21/h3-10,22H,11-13H2,1-2H3. The van der Waals surface area contributed by atoms with E-state index in [1.807, 2.05) is 62.4 Å². The van der Waals surface area contributed by atoms with Gasteiger partial charge in [0.1, 0.15) is 5.75 Å². The summed E-state index contributed by atoms with van der Waals surface area (Å²) < 4.78 is 10.7. The monoisotopic (exact) mass is 351 g/mol. The lowest BCUT2D eigenvalue weighted by Crippen LogP contribution is -2.16. The maximum atomic E-state index is 12.5. The molecule has 0 unspecified atom stereocenters. The van der Waals surface area contributed by atoms with Gasteiger partial charge in [-0.25, -0.2) is 0 Å². The van der Waals surface area contributed by atoms with Crippen molar-refractivity contribution in [2.45, 2.75) is 20.3 Å². The Bertz CT molecular complexity index is 942. The van der Waals surface area contributed by atoms with Gasteiger partial charge in [0.2, 0.25) is 5.78 Å². The van der Waals surface area contributed by atoms with E-state index < -0.39 is 5.97 Å². The van der Waals surface area contributed by atoms with Gasteiger partial charge in [-0.15, -0.1) is 0 Å². The number of benzene rings is 2. The van der Waals surface area contributed by atoms with E-state index in [1.165, 1.54) is 0 Å². The molecule has 1 heterocycles. The summed E-state index contributed by atoms with van der Waals surface area (Å²) in [5, 5.41) is 0.842. The summed E-state index contributed by atoms with van der Waals surface area (Å²) in [5.41, 5.74) is 3.25. The third kappa shape index (κ3) is 3.94. The Hall–Kier alpha value is -3.08. The molecule has 26 heavy (non-hydrogen) atoms. The second-order valence-corrected chi connectivity index (χ2v) is 6.12. The first-order chi connectivity index (χ1) is 12.6. The maximum Gasteiger partial charge on any atom is 0.309 e. The van der Waals surface area contributed by atoms with Crippen molar-refractivity contribution in [1.82, 2.24) is 4.98 Å². The highest BCUT2D eigenvalue weighted by atomic mass is 16.5. The van der Waals surface area contributed by atoms with Crippen LogP contribution in [-0.4, -0.2) is 30.0 Å². The quantitative estimate of drug-likeness (QED) is 0.516. The number of esters is 1. The van der Waals surface area contributed by atoms with E-state index in [1.54, 1.807) is 0 Å². The second-order valence-electron chi connectivity index (χ2n) is 6.12. The van der Waals surface area contributed by atoms with E-state index in [4.69, 9.17) is 9.47 Å². The lowest BCUT2D eigenvalue weighted by atomic mass is 10.1. The van der Waals surface area contributed by atoms with Crippen molar-refractivity contribution in [1.29, 1.82) is 0 Å². The number of aryl methyl sites for hydroxylation is 2. The zero-order chi connectivity index (χ0) is 18.5. The van der Waals surface area contributed by atoms with Gasteiger partial charge in [-0.2, -0.15) is 0 Å². The zero-order valence-electron chi connectivity index (χ0n) is 14.9. The molecule has 0 saturated carbocycles. The van der Waals surface area contributed by atoms with Gasteiger partial charge in [0.15, 0.2) is 6.61 Å². The van der Waals surface area contributed by atoms with Crippen molar-refractivity contribution in [3.05, 3.63) is 65.4 Å². The van der Waals surface area contributed by atoms with Gasteiger partial charge in [0, 0.05) is 22.2 Å². The van der Waals surface area contributed by atoms with Crippen LogP contribution in [0.25, 0.3) is 10.9 Å². The third-order valence-corrected chi connectivity index (χ3v) is 4.19. The zero-order valence-corrected chi connectivity index (χ0v) is 14.9. The summed E-state index contributed by atoms with van der Waals surface area (Å²) in [6.45, 7) is 3.72. The fraction of sp³-hybridized carbons (Fsp3) is 0.238. The topological polar surface area (TPSA) is 68.4 Å². The molecule has 0 atom stereocenters. The molecule has 1 N–H and O–H groups in total. The van der Waals surface area contributed by atoms with Crippen LogP contribution in [0.3, 0.4) is 0 Å². The van der Waals surface area contributed by atoms with Crippen LogP contribution in [-0.2, 0) is 9.53 Å². The highest BCUT2D eigenvalue weighted by molar-refractivity contribution is 6.10. The van der Waals surface area contributed by atoms with Crippen LogP contribution in [0.15, 0.2) is 48.5 Å². The van der Waals surface area contributed by atoms with Crippen molar-refractivity contribution < 1.29 is 19.1 Å². The number of carbonyl (C=O) groups is 2. The summed E-state index contributed by atoms with van der Waals surface area (Å²) in [4.78, 5) is 27.5. The molecule has 5 heteroatoms. The number of hydrogen-bond acceptors (Lipinski definition) is 4. The highest BCUT2D eigenvalue weighted by Crippen LogP contribution is 2.22. The number of rotatable bonds is 7. The number of hydrogen-bond donors (Lipinski definition) is 1. The number of ether oxygens (including phenoxy) is 2. The average Bonchev–Trinajstić information content (AvgIpc) is 2.97. The van der Waals surface area contributed by atoms with Gasteiger partial charge in [-0.05, 0) is 31.5 Å². The van der Waals surface area contributed by atoms with E-state index >= 15 is 0 Å². The molecule has 0 spiro atoms. The van der Waals surface area contributed by atoms with Crippen molar-refractivity contribution in [2.24, 2.45) is 0 Å². The number of aromatic nitrogens is 1. The lowest BCUT2D eigenvalue weighted by molar-refractivity contribution is -0.143. The smallest absolute Gasteiger partial charge is 0.309 e. The van der Waals surface area contributed by atoms with Gasteiger partial charge in [0.25, 0.3) is 0 Å². The number of para-hydroxylation sites is 2. The summed E-state index contributed by atoms with van der Waals surface area (Å²) in [5.74, 6) is 0.0725. The van der Waals surface area contributed by atoms with Crippen LogP contribution >= 0.6 is 0 Å². The van der Waals surface area contributed by atoms with Gasteiger partial charge in [-0.1, -0.05) is 36.4 Å². The van der Waals surface area contributed by atoms with Crippen LogP contribution in [0, 0.1) is 13.8 Å². The van der Waals surface area contributed by atoms with Gasteiger partial charge in [0.05, 0.1) is 13.0 Å². The number of carbonyl (C=O) groups excluding carboxylic acids is 2. The molecular formula is C21H21NO4. The van der Waals surface area contributed by atoms with Crippen molar-refractivity contribution in [3.63, 3.8) is 0 Å². The number of Topliss-reactive ketones (excluding diaryl/α,β-unsaturated/α-hetero) is 1. The fourth-order valence-electron chi connectivity index (χ4n) is 2.89. The number of ketones is 1. The Morgan fingerprint density at radius 3 is 2.54 bits per heavy atom. The molecule has 3 aromatic rings. The highest BCUT2D eigenvalue weighted by Gasteiger charge is 2.17. The molecule has 0 aliphatic carbocycles. The van der Waals surface area contributed by atoms with Gasteiger partial charge < -0.3 is 14.5 Å². The van der Waals surface area contributed by atoms with Crippen LogP contribution in [0.4, 0.5) is 0 Å². The molecule has 0 aliphatic rings. The SMILES string of the molecule is Cc1ccccc1OCCC(=O)OCC(=O)c1c(C)[nH]c2ccccc12. The Labute approximate surface area is 151 Å². The molecule has 0 bridgehead atoms. The molecule has 0 radical (unpaired) electrons. The van der Waals surface area contributed by atoms with Crippen molar-refractivity contribution in [3.8, 4) is 5.75 Å². The van der Waals surface area contributed by atoms with Crippen molar-refractivity contribution >= 4 is 22.7 Å². The van der Waals surface area contributed by atoms with E-state index in [0.29, 0.717) is 5.56 Å². The Morgan fingerprint density at radius 2 is 1.73 bits per heavy atom. The molecule has 0 aliphatic heterocycles. The first-order valence-corrected chi connectivity index (χ1v) is 8.51. The number of fused-ring (bicyclic) bond motifs is 1. The van der Waals surface area contributed by atoms with Crippen molar-refractivity contribution in [2.75, 3.05) is 13.2 Å². The molecule has 5 nitrogen and oxygen atoms in total. The first kappa shape index (κ1) is 17.7. The third-order valence-electron chi connectivity index (χ3n) is 4.19. The van der Waals surface area contributed by atoms with Gasteiger partial charge in [-0.3, -0.25) is 9.59 Å². The average molecular weight is 351 g/mol. The van der Waals surface area contributed by atoms with Crippen LogP contribution in [0.2, 0.25) is 0 Å². The molecular weight excluding hydrogens is 330 g/mol. The fourth-order valence-corrected chi connectivity index (χ4v) is 2.89. The van der Waals surface area contributed by atoms with E-state index in [9.17, 15) is 9.59 Å². The molecule has 0 saturated heterocycles. The predicted molar refractivity (Wildman–Crippen MR) is 99.6 cm³/mol. The normalized spacial score (nSPS) is 10.7. The summed E-state index contributed by atoms with van der Waals surface area (Å²) in [7, 11) is 0. The van der Waals surface area contributed by atoms with E-state index in [0.717, 1.165) is 27.9 Å². The summed E-state index contributed by atoms with van der Waals surface area (Å²) in [6.07, 6.45) is 0.0917. The van der Waals surface area contributed by atoms with Gasteiger partial charge >= 0.3 is 5.97 Å². The number of H-pyrrole nitrogens is 1.